The fourth-order valence-corrected chi connectivity index (χ4v) is 5.59. The van der Waals surface area contributed by atoms with Gasteiger partial charge in [-0.05, 0) is 60.1 Å². The van der Waals surface area contributed by atoms with Gasteiger partial charge >= 0.3 is 0 Å². The first-order valence-corrected chi connectivity index (χ1v) is 15.4. The Balaban J connectivity index is 0.000000790. The fraction of sp³-hybridized carbons (Fsp3) is 0.257. The smallest absolute Gasteiger partial charge is 0.181 e. The van der Waals surface area contributed by atoms with E-state index in [1.54, 1.807) is 12.1 Å². The Hall–Kier alpha value is -5.17. The standard InChI is InChI=1S/C31H30FN9.C2H6.2CH2O/c1-33-14-19-9-21(12-24(32)11-19)25-3-2-4-27-28(25)38-31(37-27)29-26-13-23(17-36-30(26)40-39-29)22-10-20(15-35-16-22)18-41-7-5-34-6-8-41;3*1-2/h2-4,9-13,15-17,33-34H,5-8,14,18H2,1H3,(H,37,38)(H,36,39,40);1-2H3;2*1H2. The van der Waals surface area contributed by atoms with Crippen molar-refractivity contribution in [1.82, 2.24) is 45.7 Å². The average molecular weight is 638 g/mol. The van der Waals surface area contributed by atoms with Gasteiger partial charge in [-0.25, -0.2) is 14.4 Å². The largest absolute Gasteiger partial charge is 0.337 e. The molecular formula is C35H40FN9O2. The number of nitrogens with one attached hydrogen (secondary N) is 4. The van der Waals surface area contributed by atoms with E-state index in [0.29, 0.717) is 18.0 Å². The topological polar surface area (TPSA) is 145 Å². The van der Waals surface area contributed by atoms with Crippen molar-refractivity contribution in [3.8, 4) is 33.8 Å². The van der Waals surface area contributed by atoms with Crippen LogP contribution in [0.1, 0.15) is 25.0 Å². The van der Waals surface area contributed by atoms with Gasteiger partial charge in [0.25, 0.3) is 0 Å². The van der Waals surface area contributed by atoms with Crippen LogP contribution < -0.4 is 10.6 Å². The van der Waals surface area contributed by atoms with E-state index in [-0.39, 0.29) is 5.82 Å². The number of hydrogen-bond acceptors (Lipinski definition) is 9. The average Bonchev–Trinajstić information content (AvgIpc) is 3.75. The summed E-state index contributed by atoms with van der Waals surface area (Å²) in [4.78, 5) is 36.0. The number of pyridine rings is 2. The maximum absolute atomic E-state index is 14.5. The molecule has 0 radical (unpaired) electrons. The maximum atomic E-state index is 14.5. The monoisotopic (exact) mass is 637 g/mol. The minimum Gasteiger partial charge on any atom is -0.337 e. The first-order valence-electron chi connectivity index (χ1n) is 15.4. The fourth-order valence-electron chi connectivity index (χ4n) is 5.59. The lowest BCUT2D eigenvalue weighted by Crippen LogP contribution is -2.42. The van der Waals surface area contributed by atoms with Crippen LogP contribution in [0.5, 0.6) is 0 Å². The highest BCUT2D eigenvalue weighted by molar-refractivity contribution is 5.97. The van der Waals surface area contributed by atoms with Crippen molar-refractivity contribution < 1.29 is 14.0 Å². The summed E-state index contributed by atoms with van der Waals surface area (Å²) in [6.45, 7) is 13.5. The van der Waals surface area contributed by atoms with Gasteiger partial charge in [-0.2, -0.15) is 5.10 Å². The summed E-state index contributed by atoms with van der Waals surface area (Å²) in [7, 11) is 1.85. The van der Waals surface area contributed by atoms with Gasteiger partial charge in [0, 0.05) is 74.5 Å². The van der Waals surface area contributed by atoms with Crippen LogP contribution in [-0.2, 0) is 22.7 Å². The summed E-state index contributed by atoms with van der Waals surface area (Å²) >= 11 is 0. The highest BCUT2D eigenvalue weighted by atomic mass is 19.1. The Morgan fingerprint density at radius 2 is 1.66 bits per heavy atom. The summed E-state index contributed by atoms with van der Waals surface area (Å²) in [6.07, 6.45) is 5.65. The summed E-state index contributed by atoms with van der Waals surface area (Å²) in [5.74, 6) is 0.372. The van der Waals surface area contributed by atoms with Crippen molar-refractivity contribution in [2.75, 3.05) is 33.2 Å². The molecule has 1 fully saturated rings. The minimum atomic E-state index is -0.273. The molecule has 0 amide bonds. The molecule has 0 saturated carbocycles. The van der Waals surface area contributed by atoms with Crippen LogP contribution in [-0.4, -0.2) is 81.8 Å². The van der Waals surface area contributed by atoms with Gasteiger partial charge in [-0.3, -0.25) is 15.0 Å². The maximum Gasteiger partial charge on any atom is 0.181 e. The lowest BCUT2D eigenvalue weighted by Gasteiger charge is -2.27. The second-order valence-corrected chi connectivity index (χ2v) is 10.5. The van der Waals surface area contributed by atoms with E-state index in [1.165, 1.54) is 5.56 Å². The van der Waals surface area contributed by atoms with E-state index in [4.69, 9.17) is 14.6 Å². The van der Waals surface area contributed by atoms with Crippen LogP contribution >= 0.6 is 0 Å². The number of hydrogen-bond donors (Lipinski definition) is 4. The highest BCUT2D eigenvalue weighted by Gasteiger charge is 2.17. The molecule has 5 heterocycles. The van der Waals surface area contributed by atoms with E-state index in [0.717, 1.165) is 82.7 Å². The van der Waals surface area contributed by atoms with Crippen molar-refractivity contribution in [2.24, 2.45) is 0 Å². The number of aromatic amines is 2. The number of aromatic nitrogens is 6. The normalized spacial score (nSPS) is 12.8. The number of carbonyl (C=O) groups is 2. The number of para-hydroxylation sites is 1. The van der Waals surface area contributed by atoms with E-state index in [9.17, 15) is 4.39 Å². The number of nitrogens with zero attached hydrogens (tertiary/aromatic N) is 5. The Bertz CT molecular complexity index is 1900. The van der Waals surface area contributed by atoms with E-state index < -0.39 is 0 Å². The molecule has 0 bridgehead atoms. The van der Waals surface area contributed by atoms with Gasteiger partial charge < -0.3 is 25.2 Å². The zero-order chi connectivity index (χ0) is 33.8. The third-order valence-corrected chi connectivity index (χ3v) is 7.55. The quantitative estimate of drug-likeness (QED) is 0.187. The number of piperazine rings is 1. The predicted octanol–water partition coefficient (Wildman–Crippen LogP) is 5.15. The molecule has 6 aromatic rings. The number of rotatable bonds is 7. The van der Waals surface area contributed by atoms with Gasteiger partial charge in [0.05, 0.1) is 16.4 Å². The van der Waals surface area contributed by atoms with Gasteiger partial charge in [0.15, 0.2) is 11.5 Å². The van der Waals surface area contributed by atoms with Gasteiger partial charge in [0.2, 0.25) is 0 Å². The number of halogens is 1. The highest BCUT2D eigenvalue weighted by Crippen LogP contribution is 2.33. The zero-order valence-corrected chi connectivity index (χ0v) is 26.9. The van der Waals surface area contributed by atoms with E-state index >= 15 is 0 Å². The SMILES string of the molecule is C=O.C=O.CC.CNCc1cc(F)cc(-c2cccc3[nH]c(-c4[nH]nc5ncc(-c6cncc(CN7CCNCC7)c6)cc45)nc23)c1. The molecular weight excluding hydrogens is 597 g/mol. The molecule has 1 aliphatic rings. The lowest BCUT2D eigenvalue weighted by molar-refractivity contribution is -0.0987. The Morgan fingerprint density at radius 1 is 0.915 bits per heavy atom. The second kappa shape index (κ2) is 16.9. The molecule has 4 aromatic heterocycles. The predicted molar refractivity (Wildman–Crippen MR) is 184 cm³/mol. The zero-order valence-electron chi connectivity index (χ0n) is 26.9. The Morgan fingerprint density at radius 3 is 2.43 bits per heavy atom. The minimum absolute atomic E-state index is 0.273. The van der Waals surface area contributed by atoms with Crippen LogP contribution in [0.2, 0.25) is 0 Å². The molecule has 1 saturated heterocycles. The molecule has 11 nitrogen and oxygen atoms in total. The number of carbonyl (C=O) groups excluding carboxylic acids is 2. The van der Waals surface area contributed by atoms with E-state index in [1.807, 2.05) is 77.3 Å². The van der Waals surface area contributed by atoms with Gasteiger partial charge in [-0.1, -0.05) is 26.0 Å². The molecule has 12 heteroatoms. The lowest BCUT2D eigenvalue weighted by atomic mass is 10.0. The Kier molecular flexibility index (Phi) is 12.5. The third kappa shape index (κ3) is 7.98. The summed E-state index contributed by atoms with van der Waals surface area (Å²) in [5, 5.41) is 14.9. The van der Waals surface area contributed by atoms with Crippen molar-refractivity contribution in [1.29, 1.82) is 0 Å². The molecule has 7 rings (SSSR count). The summed E-state index contributed by atoms with van der Waals surface area (Å²) in [5.41, 5.74) is 8.64. The molecule has 0 spiro atoms. The first kappa shape index (κ1) is 34.7. The third-order valence-electron chi connectivity index (χ3n) is 7.55. The van der Waals surface area contributed by atoms with Crippen molar-refractivity contribution >= 4 is 35.6 Å². The molecule has 1 aliphatic heterocycles. The Labute approximate surface area is 273 Å². The number of imidazole rings is 1. The van der Waals surface area contributed by atoms with Gasteiger partial charge in [-0.15, -0.1) is 0 Å². The molecule has 2 aromatic carbocycles. The number of benzene rings is 2. The van der Waals surface area contributed by atoms with Crippen molar-refractivity contribution in [3.63, 3.8) is 0 Å². The van der Waals surface area contributed by atoms with Crippen LogP contribution in [0, 0.1) is 5.82 Å². The second-order valence-electron chi connectivity index (χ2n) is 10.5. The van der Waals surface area contributed by atoms with Crippen LogP contribution in [0.25, 0.3) is 55.8 Å². The molecule has 47 heavy (non-hydrogen) atoms. The molecule has 244 valence electrons. The van der Waals surface area contributed by atoms with Crippen molar-refractivity contribution in [2.45, 2.75) is 26.9 Å². The van der Waals surface area contributed by atoms with E-state index in [2.05, 4.69) is 52.8 Å². The molecule has 0 unspecified atom stereocenters. The molecule has 0 atom stereocenters. The molecule has 0 aliphatic carbocycles. The van der Waals surface area contributed by atoms with Gasteiger partial charge in [0.1, 0.15) is 25.1 Å². The first-order chi connectivity index (χ1) is 23.1. The van der Waals surface area contributed by atoms with Crippen LogP contribution in [0.3, 0.4) is 0 Å². The van der Waals surface area contributed by atoms with Crippen LogP contribution in [0.15, 0.2) is 67.1 Å². The molecule has 4 N–H and O–H groups in total. The number of H-pyrrole nitrogens is 2. The number of fused-ring (bicyclic) bond motifs is 2. The van der Waals surface area contributed by atoms with Crippen LogP contribution in [0.4, 0.5) is 4.39 Å². The summed E-state index contributed by atoms with van der Waals surface area (Å²) in [6, 6.07) is 15.3. The summed E-state index contributed by atoms with van der Waals surface area (Å²) < 4.78 is 14.5. The van der Waals surface area contributed by atoms with Crippen molar-refractivity contribution in [3.05, 3.63) is 84.1 Å².